The number of fused-ring (bicyclic) bond motifs is 4. The maximum atomic E-state index is 14.0. The lowest BCUT2D eigenvalue weighted by molar-refractivity contribution is 0.599. The molecule has 0 fully saturated rings. The van der Waals surface area contributed by atoms with E-state index in [4.69, 9.17) is 9.97 Å². The predicted octanol–water partition coefficient (Wildman–Crippen LogP) is 5.73. The van der Waals surface area contributed by atoms with Crippen LogP contribution >= 0.6 is 0 Å². The van der Waals surface area contributed by atoms with Gasteiger partial charge >= 0.3 is 0 Å². The van der Waals surface area contributed by atoms with Crippen molar-refractivity contribution in [2.24, 2.45) is 0 Å². The first-order valence-electron chi connectivity index (χ1n) is 12.6. The zero-order chi connectivity index (χ0) is 24.1. The second-order valence-corrected chi connectivity index (χ2v) is 9.74. The average molecular weight is 480 g/mol. The quantitative estimate of drug-likeness (QED) is 0.344. The second-order valence-electron chi connectivity index (χ2n) is 9.74. The fraction of sp³-hybridized carbons (Fsp3) is 0.286. The molecule has 1 unspecified atom stereocenters. The number of pyridine rings is 1. The van der Waals surface area contributed by atoms with Gasteiger partial charge in [-0.2, -0.15) is 14.6 Å². The van der Waals surface area contributed by atoms with Crippen LogP contribution in [0.3, 0.4) is 0 Å². The maximum Gasteiger partial charge on any atom is 0.228 e. The first kappa shape index (κ1) is 21.2. The Morgan fingerprint density at radius 2 is 2.00 bits per heavy atom. The minimum atomic E-state index is -0.409. The number of nitrogens with one attached hydrogen (secondary N) is 2. The van der Waals surface area contributed by atoms with E-state index in [0.717, 1.165) is 49.7 Å². The number of aromatic nitrogens is 6. The van der Waals surface area contributed by atoms with Gasteiger partial charge in [-0.15, -0.1) is 0 Å². The normalized spacial score (nSPS) is 17.8. The highest BCUT2D eigenvalue weighted by atomic mass is 19.1. The lowest BCUT2D eigenvalue weighted by atomic mass is 9.91. The van der Waals surface area contributed by atoms with Gasteiger partial charge in [-0.25, -0.2) is 9.37 Å². The number of aryl methyl sites for hydroxylation is 1. The molecule has 2 aliphatic carbocycles. The fourth-order valence-corrected chi connectivity index (χ4v) is 5.62. The summed E-state index contributed by atoms with van der Waals surface area (Å²) in [5.41, 5.74) is 7.45. The highest BCUT2D eigenvalue weighted by Crippen LogP contribution is 2.33. The molecule has 0 saturated carbocycles. The largest absolute Gasteiger partial charge is 0.358 e. The van der Waals surface area contributed by atoms with Gasteiger partial charge in [0.25, 0.3) is 0 Å². The molecule has 4 heterocycles. The molecule has 7 nitrogen and oxygen atoms in total. The molecule has 1 aromatic carbocycles. The Balaban J connectivity index is 1.31. The van der Waals surface area contributed by atoms with E-state index in [0.29, 0.717) is 17.3 Å². The summed E-state index contributed by atoms with van der Waals surface area (Å²) in [7, 11) is 0. The lowest BCUT2D eigenvalue weighted by Crippen LogP contribution is -2.29. The third-order valence-electron chi connectivity index (χ3n) is 7.40. The zero-order valence-corrected chi connectivity index (χ0v) is 19.8. The standard InChI is InChI=1S/C28H26FN7/c29-19-12-18(14-30-15-19)26-34-27-23(17-6-2-1-3-7-17)16-31-36(27)28(35-26)32-20-10-11-25-22(13-20)21-8-4-5-9-24(21)33-25/h4-6,8-9,12,14-16,20,33H,1-3,7,10-11,13H2,(H,32,34,35). The highest BCUT2D eigenvalue weighted by molar-refractivity contribution is 5.85. The topological polar surface area (TPSA) is 83.8 Å². The molecule has 8 heteroatoms. The van der Waals surface area contributed by atoms with Crippen LogP contribution in [0.2, 0.25) is 0 Å². The van der Waals surface area contributed by atoms with Crippen molar-refractivity contribution in [3.63, 3.8) is 0 Å². The van der Waals surface area contributed by atoms with Crippen LogP contribution in [-0.4, -0.2) is 35.6 Å². The smallest absolute Gasteiger partial charge is 0.228 e. The van der Waals surface area contributed by atoms with E-state index in [2.05, 4.69) is 50.7 Å². The summed E-state index contributed by atoms with van der Waals surface area (Å²) in [4.78, 5) is 17.3. The van der Waals surface area contributed by atoms with Crippen LogP contribution in [0.5, 0.6) is 0 Å². The predicted molar refractivity (Wildman–Crippen MR) is 138 cm³/mol. The number of hydrogen-bond donors (Lipinski definition) is 2. The van der Waals surface area contributed by atoms with Gasteiger partial charge < -0.3 is 10.3 Å². The molecule has 0 radical (unpaired) electrons. The fourth-order valence-electron chi connectivity index (χ4n) is 5.62. The average Bonchev–Trinajstić information content (AvgIpc) is 3.51. The molecule has 0 saturated heterocycles. The molecule has 0 spiro atoms. The third-order valence-corrected chi connectivity index (χ3v) is 7.40. The number of benzene rings is 1. The SMILES string of the molecule is Fc1cncc(-c2nc(NC3CCc4[nH]c5ccccc5c4C3)n3ncc(C4=CCCCC4)c3n2)c1. The number of H-pyrrole nitrogens is 1. The first-order chi connectivity index (χ1) is 17.7. The van der Waals surface area contributed by atoms with E-state index < -0.39 is 5.82 Å². The molecule has 180 valence electrons. The molecule has 1 atom stereocenters. The molecule has 36 heavy (non-hydrogen) atoms. The molecule has 0 aliphatic heterocycles. The number of rotatable bonds is 4. The summed E-state index contributed by atoms with van der Waals surface area (Å²) in [6, 6.07) is 10.1. The Labute approximate surface area is 207 Å². The Bertz CT molecular complexity index is 1630. The molecule has 2 aliphatic rings. The Morgan fingerprint density at radius 3 is 2.89 bits per heavy atom. The van der Waals surface area contributed by atoms with Crippen molar-refractivity contribution in [3.8, 4) is 11.4 Å². The summed E-state index contributed by atoms with van der Waals surface area (Å²) in [5.74, 6) is 0.655. The Kier molecular flexibility index (Phi) is 5.04. The molecule has 7 rings (SSSR count). The van der Waals surface area contributed by atoms with E-state index in [-0.39, 0.29) is 6.04 Å². The molecule has 0 amide bonds. The van der Waals surface area contributed by atoms with Crippen LogP contribution < -0.4 is 5.32 Å². The summed E-state index contributed by atoms with van der Waals surface area (Å²) in [6.45, 7) is 0. The van der Waals surface area contributed by atoms with Crippen LogP contribution in [0.1, 0.15) is 48.9 Å². The Morgan fingerprint density at radius 1 is 1.06 bits per heavy atom. The van der Waals surface area contributed by atoms with Gasteiger partial charge in [0.05, 0.1) is 12.4 Å². The van der Waals surface area contributed by atoms with Crippen molar-refractivity contribution in [2.75, 3.05) is 5.32 Å². The van der Waals surface area contributed by atoms with Gasteiger partial charge in [-0.1, -0.05) is 24.3 Å². The highest BCUT2D eigenvalue weighted by Gasteiger charge is 2.25. The monoisotopic (exact) mass is 479 g/mol. The number of para-hydroxylation sites is 1. The lowest BCUT2D eigenvalue weighted by Gasteiger charge is -2.24. The van der Waals surface area contributed by atoms with Crippen LogP contribution in [-0.2, 0) is 12.8 Å². The second kappa shape index (κ2) is 8.55. The van der Waals surface area contributed by atoms with Crippen molar-refractivity contribution in [1.29, 1.82) is 0 Å². The molecule has 0 bridgehead atoms. The molecular formula is C28H26FN7. The van der Waals surface area contributed by atoms with Gasteiger partial charge in [-0.05, 0) is 68.2 Å². The van der Waals surface area contributed by atoms with Gasteiger partial charge in [-0.3, -0.25) is 4.98 Å². The van der Waals surface area contributed by atoms with Crippen LogP contribution in [0.15, 0.2) is 55.0 Å². The number of hydrogen-bond acceptors (Lipinski definition) is 5. The number of halogens is 1. The molecule has 5 aromatic rings. The van der Waals surface area contributed by atoms with Crippen molar-refractivity contribution in [1.82, 2.24) is 29.5 Å². The van der Waals surface area contributed by atoms with Gasteiger partial charge in [0.15, 0.2) is 11.5 Å². The number of aromatic amines is 1. The molecular weight excluding hydrogens is 453 g/mol. The number of anilines is 1. The van der Waals surface area contributed by atoms with E-state index in [1.807, 2.05) is 6.20 Å². The summed E-state index contributed by atoms with van der Waals surface area (Å²) in [5, 5.41) is 9.63. The number of allylic oxidation sites excluding steroid dienone is 2. The van der Waals surface area contributed by atoms with Crippen molar-refractivity contribution >= 4 is 28.1 Å². The van der Waals surface area contributed by atoms with Gasteiger partial charge in [0.2, 0.25) is 5.95 Å². The van der Waals surface area contributed by atoms with Gasteiger partial charge in [0.1, 0.15) is 5.82 Å². The maximum absolute atomic E-state index is 14.0. The summed E-state index contributed by atoms with van der Waals surface area (Å²) >= 11 is 0. The van der Waals surface area contributed by atoms with E-state index >= 15 is 0 Å². The van der Waals surface area contributed by atoms with Crippen molar-refractivity contribution in [3.05, 3.63) is 77.6 Å². The Hall–Kier alpha value is -4.07. The van der Waals surface area contributed by atoms with Crippen LogP contribution in [0, 0.1) is 5.82 Å². The van der Waals surface area contributed by atoms with Crippen LogP contribution in [0.4, 0.5) is 10.3 Å². The van der Waals surface area contributed by atoms with E-state index in [9.17, 15) is 4.39 Å². The summed E-state index contributed by atoms with van der Waals surface area (Å²) < 4.78 is 15.8. The molecule has 2 N–H and O–H groups in total. The molecule has 4 aromatic heterocycles. The van der Waals surface area contributed by atoms with E-state index in [1.165, 1.54) is 46.4 Å². The minimum absolute atomic E-state index is 0.190. The number of nitrogens with zero attached hydrogens (tertiary/aromatic N) is 5. The third kappa shape index (κ3) is 3.64. The first-order valence-corrected chi connectivity index (χ1v) is 12.6. The zero-order valence-electron chi connectivity index (χ0n) is 19.8. The van der Waals surface area contributed by atoms with Crippen LogP contribution in [0.25, 0.3) is 33.5 Å². The van der Waals surface area contributed by atoms with E-state index in [1.54, 1.807) is 10.7 Å². The minimum Gasteiger partial charge on any atom is -0.358 e. The van der Waals surface area contributed by atoms with Crippen molar-refractivity contribution in [2.45, 2.75) is 51.0 Å². The summed E-state index contributed by atoms with van der Waals surface area (Å²) in [6.07, 6.45) is 14.3. The van der Waals surface area contributed by atoms with Gasteiger partial charge in [0, 0.05) is 40.0 Å². The van der Waals surface area contributed by atoms with Crippen molar-refractivity contribution < 1.29 is 4.39 Å².